The summed E-state index contributed by atoms with van der Waals surface area (Å²) in [6, 6.07) is 5.45. The third kappa shape index (κ3) is 1.65. The Labute approximate surface area is 110 Å². The summed E-state index contributed by atoms with van der Waals surface area (Å²) in [5.41, 5.74) is 7.30. The van der Waals surface area contributed by atoms with Gasteiger partial charge in [-0.05, 0) is 37.8 Å². The maximum atomic E-state index is 11.4. The molecule has 5 heteroatoms. The fourth-order valence-electron chi connectivity index (χ4n) is 2.97. The van der Waals surface area contributed by atoms with Gasteiger partial charge in [-0.2, -0.15) is 0 Å². The first kappa shape index (κ1) is 11.0. The van der Waals surface area contributed by atoms with Crippen molar-refractivity contribution in [2.75, 3.05) is 0 Å². The van der Waals surface area contributed by atoms with Crippen LogP contribution in [0.2, 0.25) is 0 Å². The minimum Gasteiger partial charge on any atom is -0.438 e. The van der Waals surface area contributed by atoms with Gasteiger partial charge in [-0.25, -0.2) is 4.98 Å². The van der Waals surface area contributed by atoms with Gasteiger partial charge in [0.25, 0.3) is 5.91 Å². The first-order valence-electron chi connectivity index (χ1n) is 6.64. The highest BCUT2D eigenvalue weighted by Crippen LogP contribution is 2.48. The molecule has 3 N–H and O–H groups in total. The van der Waals surface area contributed by atoms with Crippen molar-refractivity contribution in [3.8, 4) is 0 Å². The van der Waals surface area contributed by atoms with E-state index in [0.717, 1.165) is 6.42 Å². The Balaban J connectivity index is 1.75. The molecule has 2 fully saturated rings. The fraction of sp³-hybridized carbons (Fsp3) is 0.429. The molecule has 1 saturated heterocycles. The summed E-state index contributed by atoms with van der Waals surface area (Å²) in [5.74, 6) is 0.193. The van der Waals surface area contributed by atoms with Crippen LogP contribution in [0.1, 0.15) is 48.0 Å². The number of rotatable bonds is 2. The largest absolute Gasteiger partial charge is 0.438 e. The zero-order valence-corrected chi connectivity index (χ0v) is 10.5. The number of aromatic nitrogens is 1. The number of benzene rings is 1. The van der Waals surface area contributed by atoms with Gasteiger partial charge in [-0.1, -0.05) is 6.07 Å². The Morgan fingerprint density at radius 1 is 1.42 bits per heavy atom. The number of carbonyl (C=O) groups excluding carboxylic acids is 1. The number of amides is 1. The van der Waals surface area contributed by atoms with E-state index in [-0.39, 0.29) is 6.04 Å². The maximum Gasteiger partial charge on any atom is 0.252 e. The summed E-state index contributed by atoms with van der Waals surface area (Å²) in [5, 5.41) is 3.59. The van der Waals surface area contributed by atoms with Crippen LogP contribution in [0, 0.1) is 0 Å². The molecule has 1 aromatic carbocycles. The van der Waals surface area contributed by atoms with Crippen LogP contribution < -0.4 is 11.1 Å². The van der Waals surface area contributed by atoms with E-state index in [2.05, 4.69) is 10.3 Å². The standard InChI is InChI=1S/C14H15N3O2/c15-12(18)8-2-1-3-9-11(8)19-13(16-9)10-4-5-14(17-10)6-7-14/h1-3,10,17H,4-7H2,(H2,15,18). The zero-order valence-electron chi connectivity index (χ0n) is 10.5. The minimum absolute atomic E-state index is 0.163. The van der Waals surface area contributed by atoms with Crippen molar-refractivity contribution in [3.63, 3.8) is 0 Å². The van der Waals surface area contributed by atoms with Crippen molar-refractivity contribution in [2.24, 2.45) is 5.73 Å². The van der Waals surface area contributed by atoms with Crippen molar-refractivity contribution in [1.29, 1.82) is 0 Å². The van der Waals surface area contributed by atoms with Gasteiger partial charge in [0.2, 0.25) is 5.89 Å². The van der Waals surface area contributed by atoms with Gasteiger partial charge in [0.05, 0.1) is 11.6 Å². The van der Waals surface area contributed by atoms with Crippen molar-refractivity contribution in [1.82, 2.24) is 10.3 Å². The Morgan fingerprint density at radius 2 is 2.26 bits per heavy atom. The molecule has 19 heavy (non-hydrogen) atoms. The first-order valence-corrected chi connectivity index (χ1v) is 6.64. The van der Waals surface area contributed by atoms with E-state index in [1.165, 1.54) is 19.3 Å². The summed E-state index contributed by atoms with van der Waals surface area (Å²) in [6.45, 7) is 0. The number of oxazole rings is 1. The number of hydrogen-bond acceptors (Lipinski definition) is 4. The number of nitrogens with two attached hydrogens (primary N) is 1. The second-order valence-electron chi connectivity index (χ2n) is 5.59. The predicted octanol–water partition coefficient (Wildman–Crippen LogP) is 1.88. The minimum atomic E-state index is -0.480. The molecule has 1 atom stereocenters. The molecule has 1 unspecified atom stereocenters. The van der Waals surface area contributed by atoms with Gasteiger partial charge in [0, 0.05) is 5.54 Å². The molecule has 0 bridgehead atoms. The van der Waals surface area contributed by atoms with Crippen LogP contribution in [-0.4, -0.2) is 16.4 Å². The summed E-state index contributed by atoms with van der Waals surface area (Å²) in [7, 11) is 0. The average molecular weight is 257 g/mol. The van der Waals surface area contributed by atoms with E-state index in [1.54, 1.807) is 12.1 Å². The second kappa shape index (κ2) is 3.57. The lowest BCUT2D eigenvalue weighted by molar-refractivity contribution is 0.100. The van der Waals surface area contributed by atoms with E-state index in [1.807, 2.05) is 6.07 Å². The molecule has 0 radical (unpaired) electrons. The third-order valence-electron chi connectivity index (χ3n) is 4.24. The highest BCUT2D eigenvalue weighted by Gasteiger charge is 2.49. The number of hydrogen-bond donors (Lipinski definition) is 2. The molecule has 1 spiro atoms. The Morgan fingerprint density at radius 3 is 2.95 bits per heavy atom. The number of fused-ring (bicyclic) bond motifs is 1. The quantitative estimate of drug-likeness (QED) is 0.860. The molecule has 5 nitrogen and oxygen atoms in total. The number of primary amides is 1. The van der Waals surface area contributed by atoms with Crippen LogP contribution >= 0.6 is 0 Å². The lowest BCUT2D eigenvalue weighted by atomic mass is 10.2. The molecular formula is C14H15N3O2. The van der Waals surface area contributed by atoms with Crippen LogP contribution in [0.15, 0.2) is 22.6 Å². The van der Waals surface area contributed by atoms with Gasteiger partial charge in [0.15, 0.2) is 5.58 Å². The van der Waals surface area contributed by atoms with Crippen molar-refractivity contribution in [2.45, 2.75) is 37.3 Å². The Bertz CT molecular complexity index is 672. The summed E-state index contributed by atoms with van der Waals surface area (Å²) in [4.78, 5) is 15.9. The van der Waals surface area contributed by atoms with Crippen molar-refractivity contribution in [3.05, 3.63) is 29.7 Å². The topological polar surface area (TPSA) is 81.2 Å². The summed E-state index contributed by atoms with van der Waals surface area (Å²) >= 11 is 0. The fourth-order valence-corrected chi connectivity index (χ4v) is 2.97. The van der Waals surface area contributed by atoms with Gasteiger partial charge in [-0.15, -0.1) is 0 Å². The number of nitrogens with one attached hydrogen (secondary N) is 1. The Hall–Kier alpha value is -1.88. The molecule has 2 heterocycles. The van der Waals surface area contributed by atoms with Crippen molar-refractivity contribution >= 4 is 17.0 Å². The smallest absolute Gasteiger partial charge is 0.252 e. The second-order valence-corrected chi connectivity index (χ2v) is 5.59. The molecular weight excluding hydrogens is 242 g/mol. The molecule has 2 aliphatic rings. The summed E-state index contributed by atoms with van der Waals surface area (Å²) < 4.78 is 5.79. The van der Waals surface area contributed by atoms with Gasteiger partial charge in [0.1, 0.15) is 5.52 Å². The SMILES string of the molecule is NC(=O)c1cccc2nc(C3CCC4(CC4)N3)oc12. The van der Waals surface area contributed by atoms with Crippen LogP contribution in [0.3, 0.4) is 0 Å². The highest BCUT2D eigenvalue weighted by molar-refractivity contribution is 6.03. The van der Waals surface area contributed by atoms with Crippen molar-refractivity contribution < 1.29 is 9.21 Å². The lowest BCUT2D eigenvalue weighted by Gasteiger charge is -2.08. The molecule has 1 saturated carbocycles. The molecule has 1 aromatic heterocycles. The van der Waals surface area contributed by atoms with E-state index in [4.69, 9.17) is 10.2 Å². The third-order valence-corrected chi connectivity index (χ3v) is 4.24. The van der Waals surface area contributed by atoms with Gasteiger partial charge >= 0.3 is 0 Å². The van der Waals surface area contributed by atoms with E-state index in [9.17, 15) is 4.79 Å². The van der Waals surface area contributed by atoms with Crippen LogP contribution in [0.4, 0.5) is 0 Å². The van der Waals surface area contributed by atoms with Crippen LogP contribution in [-0.2, 0) is 0 Å². The molecule has 98 valence electrons. The van der Waals surface area contributed by atoms with Gasteiger partial charge in [-0.3, -0.25) is 4.79 Å². The van der Waals surface area contributed by atoms with Crippen LogP contribution in [0.25, 0.3) is 11.1 Å². The number of para-hydroxylation sites is 1. The molecule has 1 aliphatic carbocycles. The zero-order chi connectivity index (χ0) is 13.0. The first-order chi connectivity index (χ1) is 9.17. The van der Waals surface area contributed by atoms with Gasteiger partial charge < -0.3 is 15.5 Å². The number of carbonyl (C=O) groups is 1. The summed E-state index contributed by atoms with van der Waals surface area (Å²) in [6.07, 6.45) is 4.71. The Kier molecular flexibility index (Phi) is 2.07. The molecule has 1 amide bonds. The molecule has 1 aliphatic heterocycles. The van der Waals surface area contributed by atoms with Crippen LogP contribution in [0.5, 0.6) is 0 Å². The monoisotopic (exact) mass is 257 g/mol. The lowest BCUT2D eigenvalue weighted by Crippen LogP contribution is -2.25. The highest BCUT2D eigenvalue weighted by atomic mass is 16.4. The van der Waals surface area contributed by atoms with E-state index in [0.29, 0.717) is 28.1 Å². The normalized spacial score (nSPS) is 24.1. The van der Waals surface area contributed by atoms with E-state index >= 15 is 0 Å². The predicted molar refractivity (Wildman–Crippen MR) is 69.6 cm³/mol. The average Bonchev–Trinajstić information content (AvgIpc) is 2.84. The number of nitrogens with zero attached hydrogens (tertiary/aromatic N) is 1. The van der Waals surface area contributed by atoms with E-state index < -0.39 is 5.91 Å². The molecule has 2 aromatic rings. The maximum absolute atomic E-state index is 11.4. The molecule has 4 rings (SSSR count).